The third kappa shape index (κ3) is 3.02. The molecule has 4 rings (SSSR count). The summed E-state index contributed by atoms with van der Waals surface area (Å²) in [5.41, 5.74) is 0.696. The van der Waals surface area contributed by atoms with E-state index in [1.54, 1.807) is 36.1 Å². The van der Waals surface area contributed by atoms with Crippen molar-refractivity contribution in [2.24, 2.45) is 5.92 Å². The number of benzene rings is 1. The van der Waals surface area contributed by atoms with Crippen LogP contribution >= 0.6 is 0 Å². The monoisotopic (exact) mass is 343 g/mol. The van der Waals surface area contributed by atoms with Gasteiger partial charge in [0, 0.05) is 30.8 Å². The molecule has 1 saturated heterocycles. The molecule has 3 heterocycles. The van der Waals surface area contributed by atoms with Crippen molar-refractivity contribution in [1.29, 1.82) is 0 Å². The zero-order chi connectivity index (χ0) is 17.4. The number of aryl methyl sites for hydroxylation is 1. The normalized spacial score (nSPS) is 19.2. The van der Waals surface area contributed by atoms with Crippen LogP contribution in [0.15, 0.2) is 28.8 Å². The lowest BCUT2D eigenvalue weighted by Gasteiger charge is -2.22. The fraction of sp³-hybridized carbons (Fsp3) is 0.353. The third-order valence-corrected chi connectivity index (χ3v) is 4.21. The minimum Gasteiger partial charge on any atom is -0.486 e. The van der Waals surface area contributed by atoms with Crippen LogP contribution in [0.2, 0.25) is 0 Å². The first kappa shape index (κ1) is 15.5. The maximum Gasteiger partial charge on any atom is 0.231 e. The zero-order valence-electron chi connectivity index (χ0n) is 13.7. The minimum absolute atomic E-state index is 0.104. The van der Waals surface area contributed by atoms with Gasteiger partial charge < -0.3 is 24.2 Å². The number of ether oxygens (including phenoxy) is 2. The molecule has 1 N–H and O–H groups in total. The second-order valence-electron chi connectivity index (χ2n) is 6.05. The minimum atomic E-state index is -0.447. The van der Waals surface area contributed by atoms with Gasteiger partial charge in [-0.25, -0.2) is 0 Å². The van der Waals surface area contributed by atoms with E-state index in [1.807, 2.05) is 0 Å². The number of nitrogens with zero attached hydrogens (tertiary/aromatic N) is 2. The van der Waals surface area contributed by atoms with Crippen LogP contribution in [-0.4, -0.2) is 36.7 Å². The van der Waals surface area contributed by atoms with Gasteiger partial charge in [0.25, 0.3) is 0 Å². The van der Waals surface area contributed by atoms with E-state index in [1.165, 1.54) is 0 Å². The Morgan fingerprint density at radius 1 is 1.24 bits per heavy atom. The molecule has 8 nitrogen and oxygen atoms in total. The van der Waals surface area contributed by atoms with Gasteiger partial charge in [0.15, 0.2) is 17.3 Å². The molecule has 0 bridgehead atoms. The van der Waals surface area contributed by atoms with Gasteiger partial charge in [0.1, 0.15) is 19.0 Å². The Labute approximate surface area is 143 Å². The summed E-state index contributed by atoms with van der Waals surface area (Å²) in [7, 11) is 0. The van der Waals surface area contributed by atoms with Crippen LogP contribution in [0.4, 0.5) is 11.5 Å². The van der Waals surface area contributed by atoms with Crippen molar-refractivity contribution in [1.82, 2.24) is 5.16 Å². The molecule has 0 spiro atoms. The summed E-state index contributed by atoms with van der Waals surface area (Å²) in [6, 6.07) is 6.98. The van der Waals surface area contributed by atoms with E-state index < -0.39 is 5.92 Å². The molecule has 1 aromatic carbocycles. The maximum atomic E-state index is 12.4. The number of fused-ring (bicyclic) bond motifs is 1. The number of aromatic nitrogens is 1. The first-order chi connectivity index (χ1) is 12.1. The Hall–Kier alpha value is -3.03. The summed E-state index contributed by atoms with van der Waals surface area (Å²) < 4.78 is 16.0. The molecule has 8 heteroatoms. The molecule has 1 unspecified atom stereocenters. The van der Waals surface area contributed by atoms with E-state index in [2.05, 4.69) is 10.5 Å². The van der Waals surface area contributed by atoms with Gasteiger partial charge in [-0.15, -0.1) is 0 Å². The fourth-order valence-electron chi connectivity index (χ4n) is 2.99. The van der Waals surface area contributed by atoms with Crippen molar-refractivity contribution >= 4 is 23.3 Å². The summed E-state index contributed by atoms with van der Waals surface area (Å²) in [5.74, 6) is 1.44. The highest BCUT2D eigenvalue weighted by atomic mass is 16.6. The van der Waals surface area contributed by atoms with Crippen LogP contribution in [0.25, 0.3) is 0 Å². The Morgan fingerprint density at radius 3 is 2.80 bits per heavy atom. The molecule has 2 amide bonds. The number of rotatable bonds is 3. The molecule has 2 aromatic rings. The van der Waals surface area contributed by atoms with Gasteiger partial charge >= 0.3 is 0 Å². The molecule has 1 aromatic heterocycles. The van der Waals surface area contributed by atoms with Crippen LogP contribution in [0, 0.1) is 12.8 Å². The van der Waals surface area contributed by atoms with Crippen molar-refractivity contribution in [2.45, 2.75) is 13.3 Å². The first-order valence-electron chi connectivity index (χ1n) is 8.04. The average Bonchev–Trinajstić information content (AvgIpc) is 3.20. The van der Waals surface area contributed by atoms with Crippen molar-refractivity contribution in [3.05, 3.63) is 30.0 Å². The molecule has 130 valence electrons. The predicted octanol–water partition coefficient (Wildman–Crippen LogP) is 1.75. The highest BCUT2D eigenvalue weighted by molar-refractivity contribution is 6.03. The first-order valence-corrected chi connectivity index (χ1v) is 8.04. The Morgan fingerprint density at radius 2 is 2.04 bits per heavy atom. The van der Waals surface area contributed by atoms with E-state index in [-0.39, 0.29) is 18.2 Å². The molecule has 25 heavy (non-hydrogen) atoms. The molecular formula is C17H17N3O5. The third-order valence-electron chi connectivity index (χ3n) is 4.21. The second kappa shape index (κ2) is 6.12. The van der Waals surface area contributed by atoms with E-state index in [9.17, 15) is 9.59 Å². The maximum absolute atomic E-state index is 12.4. The number of carbonyl (C=O) groups is 2. The van der Waals surface area contributed by atoms with E-state index in [4.69, 9.17) is 14.0 Å². The highest BCUT2D eigenvalue weighted by Crippen LogP contribution is 2.36. The van der Waals surface area contributed by atoms with E-state index in [0.717, 1.165) is 0 Å². The summed E-state index contributed by atoms with van der Waals surface area (Å²) in [6.07, 6.45) is 0.150. The molecule has 0 saturated carbocycles. The number of amides is 2. The van der Waals surface area contributed by atoms with Crippen molar-refractivity contribution < 1.29 is 23.6 Å². The number of hydrogen-bond acceptors (Lipinski definition) is 6. The SMILES string of the molecule is Cc1cc(NC(=O)C2CC(=O)N(c3ccc4c(c3)OCCO4)C2)no1. The topological polar surface area (TPSA) is 93.9 Å². The molecule has 1 atom stereocenters. The Bertz CT molecular complexity index is 831. The highest BCUT2D eigenvalue weighted by Gasteiger charge is 2.36. The fourth-order valence-corrected chi connectivity index (χ4v) is 2.99. The van der Waals surface area contributed by atoms with Gasteiger partial charge in [-0.3, -0.25) is 9.59 Å². The van der Waals surface area contributed by atoms with Crippen LogP contribution in [0.5, 0.6) is 11.5 Å². The molecule has 2 aliphatic rings. The van der Waals surface area contributed by atoms with Crippen LogP contribution < -0.4 is 19.7 Å². The summed E-state index contributed by atoms with van der Waals surface area (Å²) in [6.45, 7) is 3.04. The largest absolute Gasteiger partial charge is 0.486 e. The van der Waals surface area contributed by atoms with Crippen molar-refractivity contribution in [3.8, 4) is 11.5 Å². The number of nitrogens with one attached hydrogen (secondary N) is 1. The van der Waals surface area contributed by atoms with E-state index >= 15 is 0 Å². The van der Waals surface area contributed by atoms with Gasteiger partial charge in [0.05, 0.1) is 5.92 Å². The van der Waals surface area contributed by atoms with Crippen LogP contribution in [-0.2, 0) is 9.59 Å². The number of carbonyl (C=O) groups excluding carboxylic acids is 2. The molecule has 2 aliphatic heterocycles. The lowest BCUT2D eigenvalue weighted by molar-refractivity contribution is -0.122. The van der Waals surface area contributed by atoms with Crippen molar-refractivity contribution in [3.63, 3.8) is 0 Å². The predicted molar refractivity (Wildman–Crippen MR) is 87.8 cm³/mol. The standard InChI is InChI=1S/C17H17N3O5/c1-10-6-15(19-25-10)18-17(22)11-7-16(21)20(9-11)12-2-3-13-14(8-12)24-5-4-23-13/h2-3,6,8,11H,4-5,7,9H2,1H3,(H,18,19,22). The van der Waals surface area contributed by atoms with Gasteiger partial charge in [-0.2, -0.15) is 0 Å². The van der Waals surface area contributed by atoms with Crippen molar-refractivity contribution in [2.75, 3.05) is 30.0 Å². The second-order valence-corrected chi connectivity index (χ2v) is 6.05. The number of anilines is 2. The van der Waals surface area contributed by atoms with Gasteiger partial charge in [0.2, 0.25) is 11.8 Å². The smallest absolute Gasteiger partial charge is 0.231 e. The lowest BCUT2D eigenvalue weighted by atomic mass is 10.1. The summed E-state index contributed by atoms with van der Waals surface area (Å²) >= 11 is 0. The van der Waals surface area contributed by atoms with E-state index in [0.29, 0.717) is 48.5 Å². The molecule has 0 radical (unpaired) electrons. The van der Waals surface area contributed by atoms with Crippen LogP contribution in [0.1, 0.15) is 12.2 Å². The van der Waals surface area contributed by atoms with Crippen LogP contribution in [0.3, 0.4) is 0 Å². The molecule has 0 aliphatic carbocycles. The number of hydrogen-bond donors (Lipinski definition) is 1. The summed E-state index contributed by atoms with van der Waals surface area (Å²) in [4.78, 5) is 26.3. The Balaban J connectivity index is 1.47. The molecular weight excluding hydrogens is 326 g/mol. The summed E-state index contributed by atoms with van der Waals surface area (Å²) in [5, 5.41) is 6.42. The lowest BCUT2D eigenvalue weighted by Crippen LogP contribution is -2.28. The average molecular weight is 343 g/mol. The quantitative estimate of drug-likeness (QED) is 0.912. The zero-order valence-corrected chi connectivity index (χ0v) is 13.7. The molecule has 1 fully saturated rings. The Kier molecular flexibility index (Phi) is 3.79. The van der Waals surface area contributed by atoms with Gasteiger partial charge in [-0.1, -0.05) is 5.16 Å². The van der Waals surface area contributed by atoms with Gasteiger partial charge in [-0.05, 0) is 19.1 Å².